The predicted molar refractivity (Wildman–Crippen MR) is 109 cm³/mol. The van der Waals surface area contributed by atoms with E-state index >= 15 is 0 Å². The summed E-state index contributed by atoms with van der Waals surface area (Å²) in [5, 5.41) is 4.18. The Morgan fingerprint density at radius 3 is 2.69 bits per heavy atom. The normalized spacial score (nSPS) is 19.2. The van der Waals surface area contributed by atoms with Crippen molar-refractivity contribution in [1.29, 1.82) is 0 Å². The molecule has 1 saturated heterocycles. The fourth-order valence-corrected chi connectivity index (χ4v) is 4.87. The van der Waals surface area contributed by atoms with E-state index in [9.17, 15) is 9.59 Å². The van der Waals surface area contributed by atoms with Gasteiger partial charge in [0.05, 0.1) is 24.1 Å². The zero-order chi connectivity index (χ0) is 19.8. The fraction of sp³-hybridized carbons (Fsp3) is 0.381. The van der Waals surface area contributed by atoms with Crippen LogP contribution in [0.5, 0.6) is 0 Å². The minimum Gasteiger partial charge on any atom is -0.459 e. The monoisotopic (exact) mass is 410 g/mol. The fourth-order valence-electron chi connectivity index (χ4n) is 4.22. The Morgan fingerprint density at radius 2 is 1.97 bits per heavy atom. The molecule has 3 aromatic heterocycles. The average molecular weight is 410 g/mol. The van der Waals surface area contributed by atoms with Gasteiger partial charge in [-0.2, -0.15) is 11.3 Å². The summed E-state index contributed by atoms with van der Waals surface area (Å²) in [6.45, 7) is 2.87. The topological polar surface area (TPSA) is 71.6 Å². The SMILES string of the molecule is O=C(c1ccco1)N1CCN(C(=O)C2CCc3ncc(-c4ccsc4)n3C2)CC1. The van der Waals surface area contributed by atoms with Gasteiger partial charge in [0.15, 0.2) is 5.76 Å². The van der Waals surface area contributed by atoms with Crippen LogP contribution in [0.3, 0.4) is 0 Å². The highest BCUT2D eigenvalue weighted by Gasteiger charge is 2.33. The van der Waals surface area contributed by atoms with Gasteiger partial charge in [-0.05, 0) is 30.0 Å². The van der Waals surface area contributed by atoms with Gasteiger partial charge in [-0.3, -0.25) is 9.59 Å². The Balaban J connectivity index is 1.24. The van der Waals surface area contributed by atoms with Crippen LogP contribution in [0.15, 0.2) is 45.8 Å². The summed E-state index contributed by atoms with van der Waals surface area (Å²) in [5.41, 5.74) is 2.25. The van der Waals surface area contributed by atoms with Crippen LogP contribution < -0.4 is 0 Å². The molecule has 150 valence electrons. The molecule has 5 heterocycles. The Hall–Kier alpha value is -2.87. The summed E-state index contributed by atoms with van der Waals surface area (Å²) in [5.74, 6) is 1.45. The molecule has 0 aliphatic carbocycles. The summed E-state index contributed by atoms with van der Waals surface area (Å²) in [6, 6.07) is 5.48. The number of rotatable bonds is 3. The highest BCUT2D eigenvalue weighted by molar-refractivity contribution is 7.08. The van der Waals surface area contributed by atoms with Crippen LogP contribution in [0, 0.1) is 5.92 Å². The smallest absolute Gasteiger partial charge is 0.289 e. The lowest BCUT2D eigenvalue weighted by atomic mass is 9.97. The molecule has 1 atom stereocenters. The predicted octanol–water partition coefficient (Wildman–Crippen LogP) is 2.75. The highest BCUT2D eigenvalue weighted by atomic mass is 32.1. The summed E-state index contributed by atoms with van der Waals surface area (Å²) in [4.78, 5) is 33.8. The Bertz CT molecular complexity index is 1000. The van der Waals surface area contributed by atoms with Gasteiger partial charge in [-0.25, -0.2) is 4.98 Å². The van der Waals surface area contributed by atoms with E-state index in [0.717, 1.165) is 29.9 Å². The lowest BCUT2D eigenvalue weighted by molar-refractivity contribution is -0.138. The number of imidazole rings is 1. The number of aryl methyl sites for hydroxylation is 1. The van der Waals surface area contributed by atoms with E-state index in [1.54, 1.807) is 28.4 Å². The quantitative estimate of drug-likeness (QED) is 0.666. The van der Waals surface area contributed by atoms with Gasteiger partial charge in [-0.15, -0.1) is 0 Å². The number of fused-ring (bicyclic) bond motifs is 1. The molecule has 0 saturated carbocycles. The maximum absolute atomic E-state index is 13.2. The minimum absolute atomic E-state index is 0.0404. The van der Waals surface area contributed by atoms with Crippen LogP contribution in [-0.2, 0) is 17.8 Å². The van der Waals surface area contributed by atoms with E-state index in [4.69, 9.17) is 4.42 Å². The summed E-state index contributed by atoms with van der Waals surface area (Å²) < 4.78 is 7.40. The second-order valence-corrected chi connectivity index (χ2v) is 8.29. The zero-order valence-electron chi connectivity index (χ0n) is 16.0. The van der Waals surface area contributed by atoms with E-state index in [1.807, 2.05) is 11.1 Å². The first-order valence-corrected chi connectivity index (χ1v) is 10.8. The number of amides is 2. The third-order valence-corrected chi connectivity index (χ3v) is 6.52. The third-order valence-electron chi connectivity index (χ3n) is 5.83. The highest BCUT2D eigenvalue weighted by Crippen LogP contribution is 2.29. The van der Waals surface area contributed by atoms with E-state index in [-0.39, 0.29) is 17.7 Å². The van der Waals surface area contributed by atoms with Crippen LogP contribution >= 0.6 is 11.3 Å². The molecule has 8 heteroatoms. The molecule has 7 nitrogen and oxygen atoms in total. The van der Waals surface area contributed by atoms with Crippen LogP contribution in [-0.4, -0.2) is 57.3 Å². The molecule has 0 aromatic carbocycles. The molecular formula is C21H22N4O3S. The number of nitrogens with zero attached hydrogens (tertiary/aromatic N) is 4. The van der Waals surface area contributed by atoms with Crippen molar-refractivity contribution in [2.75, 3.05) is 26.2 Å². The average Bonchev–Trinajstić information content (AvgIpc) is 3.53. The number of hydrogen-bond acceptors (Lipinski definition) is 5. The molecule has 5 rings (SSSR count). The summed E-state index contributed by atoms with van der Waals surface area (Å²) in [7, 11) is 0. The van der Waals surface area contributed by atoms with Crippen molar-refractivity contribution >= 4 is 23.2 Å². The first-order valence-electron chi connectivity index (χ1n) is 9.89. The first kappa shape index (κ1) is 18.2. The van der Waals surface area contributed by atoms with Crippen LogP contribution in [0.25, 0.3) is 11.3 Å². The first-order chi connectivity index (χ1) is 14.2. The maximum Gasteiger partial charge on any atom is 0.289 e. The number of carbonyl (C=O) groups excluding carboxylic acids is 2. The van der Waals surface area contributed by atoms with E-state index < -0.39 is 0 Å². The van der Waals surface area contributed by atoms with Crippen molar-refractivity contribution in [3.05, 3.63) is 53.0 Å². The van der Waals surface area contributed by atoms with Crippen molar-refractivity contribution in [3.63, 3.8) is 0 Å². The zero-order valence-corrected chi connectivity index (χ0v) is 16.8. The van der Waals surface area contributed by atoms with Crippen molar-refractivity contribution in [3.8, 4) is 11.3 Å². The lowest BCUT2D eigenvalue weighted by Gasteiger charge is -2.37. The van der Waals surface area contributed by atoms with Gasteiger partial charge in [0.1, 0.15) is 5.82 Å². The van der Waals surface area contributed by atoms with Gasteiger partial charge in [-0.1, -0.05) is 0 Å². The molecule has 2 aliphatic heterocycles. The van der Waals surface area contributed by atoms with Gasteiger partial charge in [0.2, 0.25) is 5.91 Å². The van der Waals surface area contributed by atoms with Gasteiger partial charge in [0.25, 0.3) is 5.91 Å². The van der Waals surface area contributed by atoms with Crippen molar-refractivity contribution in [2.45, 2.75) is 19.4 Å². The number of aromatic nitrogens is 2. The summed E-state index contributed by atoms with van der Waals surface area (Å²) >= 11 is 1.66. The molecule has 0 radical (unpaired) electrons. The number of furan rings is 1. The summed E-state index contributed by atoms with van der Waals surface area (Å²) in [6.07, 6.45) is 5.07. The van der Waals surface area contributed by atoms with Crippen LogP contribution in [0.2, 0.25) is 0 Å². The number of carbonyl (C=O) groups is 2. The Morgan fingerprint density at radius 1 is 1.14 bits per heavy atom. The second kappa shape index (κ2) is 7.51. The van der Waals surface area contributed by atoms with Gasteiger partial charge >= 0.3 is 0 Å². The molecule has 2 aliphatic rings. The van der Waals surface area contributed by atoms with E-state index in [1.165, 1.54) is 6.26 Å². The van der Waals surface area contributed by atoms with Gasteiger partial charge in [0, 0.05) is 50.1 Å². The molecule has 3 aromatic rings. The Kier molecular flexibility index (Phi) is 4.71. The van der Waals surface area contributed by atoms with E-state index in [2.05, 4.69) is 26.4 Å². The second-order valence-electron chi connectivity index (χ2n) is 7.51. The van der Waals surface area contributed by atoms with Crippen molar-refractivity contribution in [1.82, 2.24) is 19.4 Å². The van der Waals surface area contributed by atoms with Gasteiger partial charge < -0.3 is 18.8 Å². The minimum atomic E-state index is -0.108. The molecule has 1 unspecified atom stereocenters. The number of thiophene rings is 1. The molecule has 2 amide bonds. The molecule has 0 spiro atoms. The lowest BCUT2D eigenvalue weighted by Crippen LogP contribution is -2.52. The molecule has 1 fully saturated rings. The molecule has 0 N–H and O–H groups in total. The van der Waals surface area contributed by atoms with Crippen molar-refractivity contribution in [2.24, 2.45) is 5.92 Å². The largest absolute Gasteiger partial charge is 0.459 e. The van der Waals surface area contributed by atoms with Crippen LogP contribution in [0.1, 0.15) is 22.8 Å². The standard InChI is InChI=1S/C21H22N4O3S/c26-20(23-6-8-24(9-7-23)21(27)18-2-1-10-28-18)15-3-4-19-22-12-17(25(19)13-15)16-5-11-29-14-16/h1-2,5,10-12,14-15H,3-4,6-9,13H2. The number of hydrogen-bond donors (Lipinski definition) is 0. The molecule has 29 heavy (non-hydrogen) atoms. The van der Waals surface area contributed by atoms with Crippen molar-refractivity contribution < 1.29 is 14.0 Å². The number of piperazine rings is 1. The molecular weight excluding hydrogens is 388 g/mol. The maximum atomic E-state index is 13.2. The van der Waals surface area contributed by atoms with E-state index in [0.29, 0.717) is 38.5 Å². The third kappa shape index (κ3) is 3.37. The van der Waals surface area contributed by atoms with Crippen LogP contribution in [0.4, 0.5) is 0 Å². The Labute approximate surface area is 172 Å². The molecule has 0 bridgehead atoms.